The van der Waals surface area contributed by atoms with Crippen molar-refractivity contribution in [3.63, 3.8) is 0 Å². The average Bonchev–Trinajstić information content (AvgIpc) is 2.66. The summed E-state index contributed by atoms with van der Waals surface area (Å²) in [4.78, 5) is 11.6. The Morgan fingerprint density at radius 1 is 1.25 bits per heavy atom. The standard InChI is InChI=1S/C15H12BrClN2O4S/c16-11-7-12-13(23-5-4-15(20)18-12)8-14(11)24(21,22)19-10-3-1-2-9(17)6-10/h1-3,6-8,19H,4-5H2,(H,18,20). The van der Waals surface area contributed by atoms with Crippen LogP contribution in [0.1, 0.15) is 6.42 Å². The Morgan fingerprint density at radius 3 is 2.79 bits per heavy atom. The van der Waals surface area contributed by atoms with Crippen LogP contribution in [0.25, 0.3) is 0 Å². The lowest BCUT2D eigenvalue weighted by molar-refractivity contribution is -0.116. The number of sulfonamides is 1. The molecule has 0 aliphatic carbocycles. The summed E-state index contributed by atoms with van der Waals surface area (Å²) < 4.78 is 33.5. The minimum atomic E-state index is -3.87. The smallest absolute Gasteiger partial charge is 0.263 e. The first-order valence-electron chi connectivity index (χ1n) is 6.90. The zero-order valence-electron chi connectivity index (χ0n) is 12.2. The van der Waals surface area contributed by atoms with Crippen molar-refractivity contribution in [2.75, 3.05) is 16.6 Å². The monoisotopic (exact) mass is 430 g/mol. The van der Waals surface area contributed by atoms with Crippen molar-refractivity contribution in [1.29, 1.82) is 0 Å². The summed E-state index contributed by atoms with van der Waals surface area (Å²) in [6.45, 7) is 0.182. The molecule has 0 saturated heterocycles. The predicted octanol–water partition coefficient (Wildman–Crippen LogP) is 3.62. The molecule has 3 rings (SSSR count). The molecule has 2 N–H and O–H groups in total. The Morgan fingerprint density at radius 2 is 2.04 bits per heavy atom. The molecule has 1 aliphatic rings. The predicted molar refractivity (Wildman–Crippen MR) is 95.1 cm³/mol. The van der Waals surface area contributed by atoms with E-state index in [1.807, 2.05) is 0 Å². The highest BCUT2D eigenvalue weighted by Crippen LogP contribution is 2.36. The van der Waals surface area contributed by atoms with Crippen LogP contribution >= 0.6 is 27.5 Å². The van der Waals surface area contributed by atoms with Crippen molar-refractivity contribution < 1.29 is 17.9 Å². The number of anilines is 2. The first-order valence-corrected chi connectivity index (χ1v) is 9.55. The van der Waals surface area contributed by atoms with Crippen LogP contribution in [-0.2, 0) is 14.8 Å². The van der Waals surface area contributed by atoms with Gasteiger partial charge < -0.3 is 10.1 Å². The van der Waals surface area contributed by atoms with Crippen molar-refractivity contribution in [2.45, 2.75) is 11.3 Å². The number of amides is 1. The molecule has 1 aliphatic heterocycles. The number of rotatable bonds is 3. The minimum Gasteiger partial charge on any atom is -0.491 e. The third-order valence-corrected chi connectivity index (χ3v) is 5.84. The zero-order valence-corrected chi connectivity index (χ0v) is 15.3. The Balaban J connectivity index is 1.99. The van der Waals surface area contributed by atoms with Crippen molar-refractivity contribution in [3.8, 4) is 5.75 Å². The zero-order chi connectivity index (χ0) is 17.3. The van der Waals surface area contributed by atoms with Gasteiger partial charge in [0.1, 0.15) is 10.6 Å². The maximum absolute atomic E-state index is 12.6. The molecule has 0 atom stereocenters. The van der Waals surface area contributed by atoms with Gasteiger partial charge in [-0.1, -0.05) is 17.7 Å². The van der Waals surface area contributed by atoms with E-state index in [-0.39, 0.29) is 23.8 Å². The second-order valence-corrected chi connectivity index (χ2v) is 7.98. The largest absolute Gasteiger partial charge is 0.491 e. The maximum atomic E-state index is 12.6. The number of hydrogen-bond acceptors (Lipinski definition) is 4. The number of hydrogen-bond donors (Lipinski definition) is 2. The normalized spacial score (nSPS) is 14.2. The van der Waals surface area contributed by atoms with Gasteiger partial charge in [0.2, 0.25) is 5.91 Å². The van der Waals surface area contributed by atoms with E-state index in [0.29, 0.717) is 26.6 Å². The van der Waals surface area contributed by atoms with Gasteiger partial charge in [-0.25, -0.2) is 8.42 Å². The molecule has 2 aromatic carbocycles. The lowest BCUT2D eigenvalue weighted by Crippen LogP contribution is -2.14. The fourth-order valence-electron chi connectivity index (χ4n) is 2.19. The summed E-state index contributed by atoms with van der Waals surface area (Å²) in [5.41, 5.74) is 0.768. The molecule has 0 fully saturated rings. The summed E-state index contributed by atoms with van der Waals surface area (Å²) in [5, 5.41) is 3.09. The first kappa shape index (κ1) is 17.1. The quantitative estimate of drug-likeness (QED) is 0.777. The number of carbonyl (C=O) groups excluding carboxylic acids is 1. The van der Waals surface area contributed by atoms with Gasteiger partial charge in [0.15, 0.2) is 0 Å². The van der Waals surface area contributed by atoms with Gasteiger partial charge >= 0.3 is 0 Å². The summed E-state index contributed by atoms with van der Waals surface area (Å²) in [6, 6.07) is 9.27. The van der Waals surface area contributed by atoms with E-state index in [2.05, 4.69) is 26.0 Å². The fourth-order valence-corrected chi connectivity index (χ4v) is 4.48. The summed E-state index contributed by atoms with van der Waals surface area (Å²) in [6.07, 6.45) is 0.204. The molecule has 0 spiro atoms. The van der Waals surface area contributed by atoms with Crippen molar-refractivity contribution in [2.24, 2.45) is 0 Å². The molecule has 1 heterocycles. The molecule has 1 amide bonds. The van der Waals surface area contributed by atoms with Gasteiger partial charge in [0.05, 0.1) is 24.4 Å². The Hall–Kier alpha value is -1.77. The van der Waals surface area contributed by atoms with E-state index < -0.39 is 10.0 Å². The van der Waals surface area contributed by atoms with E-state index in [1.54, 1.807) is 18.2 Å². The molecule has 24 heavy (non-hydrogen) atoms. The maximum Gasteiger partial charge on any atom is 0.263 e. The second kappa shape index (κ2) is 6.62. The molecule has 0 bridgehead atoms. The van der Waals surface area contributed by atoms with Crippen molar-refractivity contribution >= 4 is 54.8 Å². The van der Waals surface area contributed by atoms with Crippen molar-refractivity contribution in [1.82, 2.24) is 0 Å². The molecule has 126 valence electrons. The highest BCUT2D eigenvalue weighted by Gasteiger charge is 2.23. The third kappa shape index (κ3) is 3.66. The van der Waals surface area contributed by atoms with Gasteiger partial charge in [-0.3, -0.25) is 9.52 Å². The van der Waals surface area contributed by atoms with Crippen LogP contribution in [0.2, 0.25) is 5.02 Å². The molecule has 6 nitrogen and oxygen atoms in total. The number of nitrogens with one attached hydrogen (secondary N) is 2. The topological polar surface area (TPSA) is 84.5 Å². The van der Waals surface area contributed by atoms with Gasteiger partial charge in [0, 0.05) is 15.6 Å². The molecule has 0 radical (unpaired) electrons. The molecule has 0 saturated carbocycles. The highest BCUT2D eigenvalue weighted by atomic mass is 79.9. The number of benzene rings is 2. The van der Waals surface area contributed by atoms with E-state index in [0.717, 1.165) is 0 Å². The van der Waals surface area contributed by atoms with Gasteiger partial charge in [-0.05, 0) is 40.2 Å². The van der Waals surface area contributed by atoms with E-state index in [1.165, 1.54) is 18.2 Å². The van der Waals surface area contributed by atoms with E-state index in [9.17, 15) is 13.2 Å². The van der Waals surface area contributed by atoms with Crippen LogP contribution < -0.4 is 14.8 Å². The number of halogens is 2. The summed E-state index contributed by atoms with van der Waals surface area (Å²) >= 11 is 9.11. The molecule has 0 unspecified atom stereocenters. The molecule has 9 heteroatoms. The highest BCUT2D eigenvalue weighted by molar-refractivity contribution is 9.10. The van der Waals surface area contributed by atoms with Gasteiger partial charge in [-0.2, -0.15) is 0 Å². The van der Waals surface area contributed by atoms with Crippen LogP contribution in [0.3, 0.4) is 0 Å². The Labute approximate surface area is 152 Å². The van der Waals surface area contributed by atoms with Gasteiger partial charge in [0.25, 0.3) is 10.0 Å². The number of ether oxygens (including phenoxy) is 1. The lowest BCUT2D eigenvalue weighted by Gasteiger charge is -2.13. The van der Waals surface area contributed by atoms with Crippen LogP contribution in [0.4, 0.5) is 11.4 Å². The second-order valence-electron chi connectivity index (χ2n) is 5.04. The number of carbonyl (C=O) groups is 1. The number of fused-ring (bicyclic) bond motifs is 1. The van der Waals surface area contributed by atoms with Crippen molar-refractivity contribution in [3.05, 3.63) is 45.9 Å². The Kier molecular flexibility index (Phi) is 4.71. The minimum absolute atomic E-state index is 0.00243. The van der Waals surface area contributed by atoms with Crippen LogP contribution in [0.5, 0.6) is 5.75 Å². The molecular weight excluding hydrogens is 420 g/mol. The first-order chi connectivity index (χ1) is 11.3. The molecule has 0 aromatic heterocycles. The summed E-state index contributed by atoms with van der Waals surface area (Å²) in [5.74, 6) is 0.115. The third-order valence-electron chi connectivity index (χ3n) is 3.26. The van der Waals surface area contributed by atoms with E-state index in [4.69, 9.17) is 16.3 Å². The van der Waals surface area contributed by atoms with E-state index >= 15 is 0 Å². The molecule has 2 aromatic rings. The summed E-state index contributed by atoms with van der Waals surface area (Å²) in [7, 11) is -3.87. The SMILES string of the molecule is O=C1CCOc2cc(S(=O)(=O)Nc3cccc(Cl)c3)c(Br)cc2N1. The van der Waals surface area contributed by atoms with Gasteiger partial charge in [-0.15, -0.1) is 0 Å². The fraction of sp³-hybridized carbons (Fsp3) is 0.133. The Bertz CT molecular complexity index is 918. The lowest BCUT2D eigenvalue weighted by atomic mass is 10.3. The van der Waals surface area contributed by atoms with Crippen LogP contribution in [-0.4, -0.2) is 20.9 Å². The van der Waals surface area contributed by atoms with Crippen LogP contribution in [0.15, 0.2) is 45.8 Å². The average molecular weight is 432 g/mol. The van der Waals surface area contributed by atoms with Crippen LogP contribution in [0, 0.1) is 0 Å². The molecular formula is C15H12BrClN2O4S.